The number of carboxylic acid groups (broad SMARTS) is 2. The van der Waals surface area contributed by atoms with E-state index in [9.17, 15) is 9.59 Å². The predicted molar refractivity (Wildman–Crippen MR) is 71.4 cm³/mol. The van der Waals surface area contributed by atoms with Gasteiger partial charge in [0.05, 0.1) is 6.42 Å². The van der Waals surface area contributed by atoms with Crippen molar-refractivity contribution in [1.82, 2.24) is 5.32 Å². The molecule has 6 nitrogen and oxygen atoms in total. The monoisotopic (exact) mass is 266 g/mol. The van der Waals surface area contributed by atoms with Gasteiger partial charge in [0.15, 0.2) is 0 Å². The standard InChI is InChI=1S/C13H18N2O4/c1-15(2)10-5-3-9(4-6-10)12(13(18)19)14-8-7-11(16)17/h3-6,12,14H,7-8H2,1-2H3,(H,16,17)(H,18,19). The third-order valence-corrected chi connectivity index (χ3v) is 2.68. The van der Waals surface area contributed by atoms with Crippen LogP contribution in [0.25, 0.3) is 0 Å². The fraction of sp³-hybridized carbons (Fsp3) is 0.385. The number of anilines is 1. The Morgan fingerprint density at radius 1 is 1.21 bits per heavy atom. The van der Waals surface area contributed by atoms with Crippen LogP contribution in [0.4, 0.5) is 5.69 Å². The average molecular weight is 266 g/mol. The fourth-order valence-corrected chi connectivity index (χ4v) is 1.64. The van der Waals surface area contributed by atoms with Crippen LogP contribution in [0.2, 0.25) is 0 Å². The van der Waals surface area contributed by atoms with Gasteiger partial charge in [0, 0.05) is 26.3 Å². The van der Waals surface area contributed by atoms with Crippen LogP contribution in [0.3, 0.4) is 0 Å². The van der Waals surface area contributed by atoms with E-state index < -0.39 is 18.0 Å². The highest BCUT2D eigenvalue weighted by Crippen LogP contribution is 2.18. The molecule has 1 aromatic carbocycles. The van der Waals surface area contributed by atoms with Gasteiger partial charge >= 0.3 is 11.9 Å². The molecule has 0 aliphatic heterocycles. The second-order valence-corrected chi connectivity index (χ2v) is 4.36. The average Bonchev–Trinajstić information content (AvgIpc) is 2.34. The third kappa shape index (κ3) is 4.59. The van der Waals surface area contributed by atoms with E-state index >= 15 is 0 Å². The van der Waals surface area contributed by atoms with Crippen molar-refractivity contribution < 1.29 is 19.8 Å². The Bertz CT molecular complexity index is 442. The molecular formula is C13H18N2O4. The van der Waals surface area contributed by atoms with Crippen LogP contribution in [0.5, 0.6) is 0 Å². The highest BCUT2D eigenvalue weighted by atomic mass is 16.4. The molecule has 0 amide bonds. The van der Waals surface area contributed by atoms with Crippen LogP contribution in [0, 0.1) is 0 Å². The molecule has 3 N–H and O–H groups in total. The van der Waals surface area contributed by atoms with Gasteiger partial charge in [-0.1, -0.05) is 12.1 Å². The molecular weight excluding hydrogens is 248 g/mol. The molecule has 0 saturated carbocycles. The molecule has 19 heavy (non-hydrogen) atoms. The molecule has 0 aliphatic carbocycles. The van der Waals surface area contributed by atoms with Gasteiger partial charge in [0.25, 0.3) is 0 Å². The van der Waals surface area contributed by atoms with Crippen molar-refractivity contribution in [3.05, 3.63) is 29.8 Å². The molecule has 0 radical (unpaired) electrons. The smallest absolute Gasteiger partial charge is 0.325 e. The van der Waals surface area contributed by atoms with Crippen LogP contribution in [-0.4, -0.2) is 42.8 Å². The largest absolute Gasteiger partial charge is 0.481 e. The first kappa shape index (κ1) is 15.0. The van der Waals surface area contributed by atoms with Crippen molar-refractivity contribution in [2.24, 2.45) is 0 Å². The summed E-state index contributed by atoms with van der Waals surface area (Å²) in [4.78, 5) is 23.5. The molecule has 6 heteroatoms. The first-order chi connectivity index (χ1) is 8.91. The lowest BCUT2D eigenvalue weighted by Gasteiger charge is -2.17. The maximum atomic E-state index is 11.2. The lowest BCUT2D eigenvalue weighted by Crippen LogP contribution is -2.30. The maximum Gasteiger partial charge on any atom is 0.325 e. The van der Waals surface area contributed by atoms with Crippen LogP contribution in [-0.2, 0) is 9.59 Å². The summed E-state index contributed by atoms with van der Waals surface area (Å²) in [6.45, 7) is 0.113. The number of carbonyl (C=O) groups is 2. The number of hydrogen-bond donors (Lipinski definition) is 3. The lowest BCUT2D eigenvalue weighted by molar-refractivity contribution is -0.141. The molecule has 0 spiro atoms. The molecule has 0 fully saturated rings. The van der Waals surface area contributed by atoms with Crippen LogP contribution in [0.15, 0.2) is 24.3 Å². The normalized spacial score (nSPS) is 11.9. The Balaban J connectivity index is 2.75. The van der Waals surface area contributed by atoms with Crippen LogP contribution in [0.1, 0.15) is 18.0 Å². The predicted octanol–water partition coefficient (Wildman–Crippen LogP) is 0.943. The highest BCUT2D eigenvalue weighted by Gasteiger charge is 2.19. The SMILES string of the molecule is CN(C)c1ccc(C(NCCC(=O)O)C(=O)O)cc1. The van der Waals surface area contributed by atoms with Gasteiger partial charge in [-0.15, -0.1) is 0 Å². The minimum absolute atomic E-state index is 0.112. The zero-order chi connectivity index (χ0) is 14.4. The van der Waals surface area contributed by atoms with Gasteiger partial charge in [0.2, 0.25) is 0 Å². The van der Waals surface area contributed by atoms with Crippen molar-refractivity contribution in [2.45, 2.75) is 12.5 Å². The van der Waals surface area contributed by atoms with E-state index in [1.165, 1.54) is 0 Å². The first-order valence-corrected chi connectivity index (χ1v) is 5.87. The van der Waals surface area contributed by atoms with E-state index in [1.54, 1.807) is 12.1 Å². The minimum Gasteiger partial charge on any atom is -0.481 e. The van der Waals surface area contributed by atoms with Crippen molar-refractivity contribution in [2.75, 3.05) is 25.5 Å². The van der Waals surface area contributed by atoms with Crippen LogP contribution >= 0.6 is 0 Å². The Hall–Kier alpha value is -2.08. The third-order valence-electron chi connectivity index (χ3n) is 2.68. The number of rotatable bonds is 7. The molecule has 1 atom stereocenters. The first-order valence-electron chi connectivity index (χ1n) is 5.87. The zero-order valence-electron chi connectivity index (χ0n) is 11.0. The van der Waals surface area contributed by atoms with Gasteiger partial charge in [-0.25, -0.2) is 0 Å². The zero-order valence-corrected chi connectivity index (χ0v) is 11.0. The van der Waals surface area contributed by atoms with Crippen molar-refractivity contribution in [3.8, 4) is 0 Å². The summed E-state index contributed by atoms with van der Waals surface area (Å²) in [6.07, 6.45) is -0.112. The molecule has 1 aromatic rings. The Morgan fingerprint density at radius 3 is 2.21 bits per heavy atom. The summed E-state index contributed by atoms with van der Waals surface area (Å²) < 4.78 is 0. The summed E-state index contributed by atoms with van der Waals surface area (Å²) in [5.41, 5.74) is 1.57. The van der Waals surface area contributed by atoms with E-state index in [0.717, 1.165) is 5.69 Å². The molecule has 104 valence electrons. The molecule has 0 heterocycles. The van der Waals surface area contributed by atoms with E-state index in [0.29, 0.717) is 5.56 Å². The fourth-order valence-electron chi connectivity index (χ4n) is 1.64. The van der Waals surface area contributed by atoms with Gasteiger partial charge in [-0.2, -0.15) is 0 Å². The van der Waals surface area contributed by atoms with Gasteiger partial charge in [-0.3, -0.25) is 9.59 Å². The van der Waals surface area contributed by atoms with E-state index in [-0.39, 0.29) is 13.0 Å². The number of benzene rings is 1. The second-order valence-electron chi connectivity index (χ2n) is 4.36. The lowest BCUT2D eigenvalue weighted by atomic mass is 10.1. The highest BCUT2D eigenvalue weighted by molar-refractivity contribution is 5.76. The molecule has 0 bridgehead atoms. The Labute approximate surface area is 111 Å². The molecule has 0 aliphatic rings. The summed E-state index contributed by atoms with van der Waals surface area (Å²) in [5.74, 6) is -1.98. The van der Waals surface area contributed by atoms with E-state index in [4.69, 9.17) is 10.2 Å². The maximum absolute atomic E-state index is 11.2. The Kier molecular flexibility index (Phi) is 5.32. The van der Waals surface area contributed by atoms with Crippen molar-refractivity contribution in [3.63, 3.8) is 0 Å². The van der Waals surface area contributed by atoms with Gasteiger partial charge in [-0.05, 0) is 17.7 Å². The van der Waals surface area contributed by atoms with Crippen molar-refractivity contribution >= 4 is 17.6 Å². The summed E-state index contributed by atoms with van der Waals surface area (Å²) in [6, 6.07) is 6.20. The summed E-state index contributed by atoms with van der Waals surface area (Å²) in [5, 5.41) is 20.4. The minimum atomic E-state index is -1.03. The number of nitrogens with zero attached hydrogens (tertiary/aromatic N) is 1. The number of aliphatic carboxylic acids is 2. The number of nitrogens with one attached hydrogen (secondary N) is 1. The van der Waals surface area contributed by atoms with E-state index in [1.807, 2.05) is 31.1 Å². The van der Waals surface area contributed by atoms with Gasteiger partial charge in [0.1, 0.15) is 6.04 Å². The quantitative estimate of drug-likeness (QED) is 0.680. The topological polar surface area (TPSA) is 89.9 Å². The molecule has 0 aromatic heterocycles. The Morgan fingerprint density at radius 2 is 1.79 bits per heavy atom. The molecule has 0 saturated heterocycles. The van der Waals surface area contributed by atoms with Crippen LogP contribution < -0.4 is 10.2 Å². The molecule has 1 unspecified atom stereocenters. The summed E-state index contributed by atoms with van der Waals surface area (Å²) in [7, 11) is 3.80. The van der Waals surface area contributed by atoms with E-state index in [2.05, 4.69) is 5.32 Å². The summed E-state index contributed by atoms with van der Waals surface area (Å²) >= 11 is 0. The number of hydrogen-bond acceptors (Lipinski definition) is 4. The number of carboxylic acids is 2. The van der Waals surface area contributed by atoms with Crippen molar-refractivity contribution in [1.29, 1.82) is 0 Å². The van der Waals surface area contributed by atoms with Gasteiger partial charge < -0.3 is 20.4 Å². The second kappa shape index (κ2) is 6.75. The molecule has 1 rings (SSSR count).